The number of hydrogen-bond acceptors (Lipinski definition) is 8. The topological polar surface area (TPSA) is 143 Å². The van der Waals surface area contributed by atoms with Crippen LogP contribution in [0.2, 0.25) is 0 Å². The monoisotopic (exact) mass is 543 g/mol. The van der Waals surface area contributed by atoms with Crippen LogP contribution in [0.3, 0.4) is 0 Å². The number of benzene rings is 1. The highest BCUT2D eigenvalue weighted by Gasteiger charge is 2.21. The molecular weight excluding hydrogens is 506 g/mol. The third kappa shape index (κ3) is 14.4. The van der Waals surface area contributed by atoms with Gasteiger partial charge >= 0.3 is 9.15 Å². The van der Waals surface area contributed by atoms with Crippen molar-refractivity contribution in [3.8, 4) is 12.0 Å². The van der Waals surface area contributed by atoms with Crippen molar-refractivity contribution in [2.75, 3.05) is 40.0 Å². The Morgan fingerprint density at radius 1 is 1.08 bits per heavy atom. The fourth-order valence-electron chi connectivity index (χ4n) is 3.09. The van der Waals surface area contributed by atoms with Gasteiger partial charge in [0.25, 0.3) is 11.8 Å². The van der Waals surface area contributed by atoms with Gasteiger partial charge in [-0.1, -0.05) is 44.7 Å². The van der Waals surface area contributed by atoms with E-state index in [-0.39, 0.29) is 48.3 Å². The van der Waals surface area contributed by atoms with E-state index >= 15 is 0 Å². The fraction of sp³-hybridized carbons (Fsp3) is 0.583. The molecule has 0 aromatic heterocycles. The summed E-state index contributed by atoms with van der Waals surface area (Å²) >= 11 is 0. The molecule has 0 saturated heterocycles. The van der Waals surface area contributed by atoms with Gasteiger partial charge in [0.05, 0.1) is 13.2 Å². The van der Waals surface area contributed by atoms with Crippen LogP contribution in [0, 0.1) is 17.9 Å². The Kier molecular flexibility index (Phi) is 16.1. The molecule has 0 fully saturated rings. The first-order valence-electron chi connectivity index (χ1n) is 11.9. The van der Waals surface area contributed by atoms with Crippen LogP contribution >= 0.6 is 10.8 Å². The van der Waals surface area contributed by atoms with Crippen molar-refractivity contribution in [1.29, 1.82) is 0 Å². The van der Waals surface area contributed by atoms with E-state index < -0.39 is 14.6 Å². The highest BCUT2D eigenvalue weighted by atomic mass is 33.1. The lowest BCUT2D eigenvalue weighted by Crippen LogP contribution is -2.30. The van der Waals surface area contributed by atoms with E-state index in [0.717, 1.165) is 25.7 Å². The van der Waals surface area contributed by atoms with Crippen molar-refractivity contribution in [1.82, 2.24) is 16.0 Å². The molecule has 0 aliphatic heterocycles. The third-order valence-electron chi connectivity index (χ3n) is 4.80. The van der Waals surface area contributed by atoms with Crippen LogP contribution in [0.1, 0.15) is 60.9 Å². The SMILES string of the molecule is CCCC(C#CNC(=O)COCCOC(SS(=O)(=O)O)c1ccc(C(=O)NCCNC)cc1)CCC. The summed E-state index contributed by atoms with van der Waals surface area (Å²) in [4.78, 5) is 24.0. The molecule has 0 aliphatic carbocycles. The molecule has 2 amide bonds. The van der Waals surface area contributed by atoms with Crippen molar-refractivity contribution in [3.05, 3.63) is 35.4 Å². The van der Waals surface area contributed by atoms with Crippen LogP contribution in [-0.2, 0) is 23.4 Å². The Morgan fingerprint density at radius 2 is 1.75 bits per heavy atom. The third-order valence-corrected chi connectivity index (χ3v) is 6.88. The highest BCUT2D eigenvalue weighted by molar-refractivity contribution is 8.69. The second-order valence-electron chi connectivity index (χ2n) is 7.85. The van der Waals surface area contributed by atoms with Crippen LogP contribution in [0.5, 0.6) is 0 Å². The van der Waals surface area contributed by atoms with E-state index in [0.29, 0.717) is 24.2 Å². The number of carbonyl (C=O) groups is 2. The quantitative estimate of drug-likeness (QED) is 0.0582. The van der Waals surface area contributed by atoms with E-state index in [1.807, 2.05) is 0 Å². The zero-order valence-corrected chi connectivity index (χ0v) is 22.7. The molecule has 0 spiro atoms. The molecule has 0 saturated carbocycles. The molecule has 0 heterocycles. The van der Waals surface area contributed by atoms with Crippen LogP contribution < -0.4 is 16.0 Å². The van der Waals surface area contributed by atoms with Crippen molar-refractivity contribution in [2.24, 2.45) is 5.92 Å². The van der Waals surface area contributed by atoms with Gasteiger partial charge in [-0.05, 0) is 37.6 Å². The maximum absolute atomic E-state index is 12.1. The van der Waals surface area contributed by atoms with Crippen molar-refractivity contribution in [3.63, 3.8) is 0 Å². The van der Waals surface area contributed by atoms with Crippen LogP contribution in [0.4, 0.5) is 0 Å². The minimum absolute atomic E-state index is 0.0175. The average molecular weight is 544 g/mol. The Bertz CT molecular complexity index is 954. The Labute approximate surface area is 217 Å². The van der Waals surface area contributed by atoms with E-state index in [4.69, 9.17) is 9.47 Å². The van der Waals surface area contributed by atoms with Crippen molar-refractivity contribution in [2.45, 2.75) is 45.0 Å². The van der Waals surface area contributed by atoms with E-state index in [1.54, 1.807) is 31.3 Å². The van der Waals surface area contributed by atoms with Gasteiger partial charge in [-0.15, -0.1) is 0 Å². The standard InChI is InChI=1S/C24H37N3O7S2/c1-4-6-19(7-5-2)12-13-26-22(28)18-33-16-17-34-24(35-36(30,31)32)21-10-8-20(9-11-21)23(29)27-15-14-25-3/h8-11,19,24-25H,4-7,14-18H2,1-3H3,(H,26,28)(H,27,29)(H,30,31,32). The summed E-state index contributed by atoms with van der Waals surface area (Å²) in [6.45, 7) is 5.04. The first kappa shape index (κ1) is 31.9. The van der Waals surface area contributed by atoms with Gasteiger partial charge in [0.1, 0.15) is 12.0 Å². The van der Waals surface area contributed by atoms with E-state index in [1.165, 1.54) is 0 Å². The molecule has 36 heavy (non-hydrogen) atoms. The van der Waals surface area contributed by atoms with E-state index in [9.17, 15) is 22.6 Å². The van der Waals surface area contributed by atoms with Gasteiger partial charge in [-0.3, -0.25) is 19.5 Å². The molecule has 1 unspecified atom stereocenters. The molecular formula is C24H37N3O7S2. The Balaban J connectivity index is 2.55. The minimum atomic E-state index is -4.41. The van der Waals surface area contributed by atoms with Gasteiger partial charge in [0.2, 0.25) is 0 Å². The fourth-order valence-corrected chi connectivity index (χ4v) is 4.90. The molecule has 4 N–H and O–H groups in total. The van der Waals surface area contributed by atoms with Crippen LogP contribution in [0.25, 0.3) is 0 Å². The summed E-state index contributed by atoms with van der Waals surface area (Å²) in [7, 11) is -2.42. The maximum Gasteiger partial charge on any atom is 0.322 e. The van der Waals surface area contributed by atoms with E-state index in [2.05, 4.69) is 41.8 Å². The smallest absolute Gasteiger partial charge is 0.322 e. The zero-order valence-electron chi connectivity index (χ0n) is 21.0. The molecule has 0 radical (unpaired) electrons. The second-order valence-corrected chi connectivity index (χ2v) is 11.2. The summed E-state index contributed by atoms with van der Waals surface area (Å²) in [5.41, 5.74) is -0.219. The van der Waals surface area contributed by atoms with Gasteiger partial charge in [0.15, 0.2) is 0 Å². The molecule has 10 nitrogen and oxygen atoms in total. The number of amides is 2. The number of carbonyl (C=O) groups excluding carboxylic acids is 2. The van der Waals surface area contributed by atoms with Crippen LogP contribution in [-0.4, -0.2) is 64.7 Å². The highest BCUT2D eigenvalue weighted by Crippen LogP contribution is 2.33. The van der Waals surface area contributed by atoms with Crippen LogP contribution in [0.15, 0.2) is 24.3 Å². The largest absolute Gasteiger partial charge is 0.369 e. The summed E-state index contributed by atoms with van der Waals surface area (Å²) < 4.78 is 42.9. The van der Waals surface area contributed by atoms with Gasteiger partial charge in [-0.25, -0.2) is 0 Å². The maximum atomic E-state index is 12.1. The minimum Gasteiger partial charge on any atom is -0.369 e. The van der Waals surface area contributed by atoms with Gasteiger partial charge in [-0.2, -0.15) is 8.42 Å². The summed E-state index contributed by atoms with van der Waals surface area (Å²) in [6, 6.07) is 8.88. The Morgan fingerprint density at radius 3 is 2.33 bits per heavy atom. The van der Waals surface area contributed by atoms with Crippen molar-refractivity contribution < 1.29 is 32.0 Å². The predicted octanol–water partition coefficient (Wildman–Crippen LogP) is 2.50. The van der Waals surface area contributed by atoms with Crippen molar-refractivity contribution >= 4 is 31.8 Å². The van der Waals surface area contributed by atoms with Gasteiger partial charge in [0, 0.05) is 41.4 Å². The number of hydrogen-bond donors (Lipinski definition) is 4. The molecule has 0 bridgehead atoms. The summed E-state index contributed by atoms with van der Waals surface area (Å²) in [5, 5.41) is 8.16. The number of ether oxygens (including phenoxy) is 2. The predicted molar refractivity (Wildman–Crippen MR) is 141 cm³/mol. The molecule has 1 aromatic rings. The molecule has 1 aromatic carbocycles. The zero-order chi connectivity index (χ0) is 26.8. The lowest BCUT2D eigenvalue weighted by Gasteiger charge is -2.16. The molecule has 0 aliphatic rings. The first-order valence-corrected chi connectivity index (χ1v) is 14.7. The Hall–Kier alpha value is -2.14. The van der Waals surface area contributed by atoms with Gasteiger partial charge < -0.3 is 20.1 Å². The average Bonchev–Trinajstić information content (AvgIpc) is 2.83. The summed E-state index contributed by atoms with van der Waals surface area (Å²) in [6.07, 6.45) is 4.03. The lowest BCUT2D eigenvalue weighted by molar-refractivity contribution is -0.125. The lowest BCUT2D eigenvalue weighted by atomic mass is 9.99. The number of nitrogens with one attached hydrogen (secondary N) is 3. The normalized spacial score (nSPS) is 12.0. The molecule has 1 rings (SSSR count). The molecule has 12 heteroatoms. The molecule has 202 valence electrons. The molecule has 1 atom stereocenters. The summed E-state index contributed by atoms with van der Waals surface area (Å²) in [5.74, 6) is 2.67. The first-order chi connectivity index (χ1) is 17.2. The number of likely N-dealkylation sites (N-methyl/N-ethyl adjacent to an activating group) is 1. The second kappa shape index (κ2) is 18.2. The number of rotatable bonds is 17.